The summed E-state index contributed by atoms with van der Waals surface area (Å²) in [4.78, 5) is 11.9. The second-order valence-corrected chi connectivity index (χ2v) is 5.52. The molecule has 2 N–H and O–H groups in total. The maximum Gasteiger partial charge on any atom is 0.164 e. The Morgan fingerprint density at radius 3 is 2.24 bits per heavy atom. The van der Waals surface area contributed by atoms with Gasteiger partial charge in [0.2, 0.25) is 0 Å². The zero-order chi connectivity index (χ0) is 13.1. The number of rotatable bonds is 5. The maximum absolute atomic E-state index is 11.9. The van der Waals surface area contributed by atoms with E-state index in [4.69, 9.17) is 5.73 Å². The van der Waals surface area contributed by atoms with Gasteiger partial charge in [0.1, 0.15) is 0 Å². The summed E-state index contributed by atoms with van der Waals surface area (Å²) >= 11 is 0. The second kappa shape index (κ2) is 5.46. The molecule has 1 aromatic carbocycles. The van der Waals surface area contributed by atoms with E-state index in [1.54, 1.807) is 0 Å². The van der Waals surface area contributed by atoms with Crippen LogP contribution in [0.1, 0.15) is 62.4 Å². The van der Waals surface area contributed by atoms with Crippen molar-refractivity contribution in [1.82, 2.24) is 0 Å². The van der Waals surface area contributed by atoms with Crippen molar-refractivity contribution in [3.8, 4) is 0 Å². The molecule has 0 saturated heterocycles. The van der Waals surface area contributed by atoms with Crippen LogP contribution in [0, 0.1) is 0 Å². The van der Waals surface area contributed by atoms with Gasteiger partial charge in [0, 0.05) is 17.5 Å². The van der Waals surface area contributed by atoms with Crippen LogP contribution in [0.5, 0.6) is 0 Å². The Hall–Kier alpha value is -1.15. The first-order valence-electron chi connectivity index (χ1n) is 6.25. The summed E-state index contributed by atoms with van der Waals surface area (Å²) in [5.74, 6) is 0.665. The molecule has 0 amide bonds. The average molecular weight is 233 g/mol. The van der Waals surface area contributed by atoms with E-state index < -0.39 is 5.54 Å². The fourth-order valence-corrected chi connectivity index (χ4v) is 1.75. The van der Waals surface area contributed by atoms with Gasteiger partial charge in [0.05, 0.1) is 0 Å². The van der Waals surface area contributed by atoms with Gasteiger partial charge in [-0.3, -0.25) is 4.79 Å². The number of carbonyl (C=O) groups is 1. The Balaban J connectivity index is 2.77. The SMILES string of the molecule is CCC(C)c1ccc(C(=O)CC(C)(C)N)cc1. The van der Waals surface area contributed by atoms with E-state index in [1.807, 2.05) is 38.1 Å². The van der Waals surface area contributed by atoms with Crippen molar-refractivity contribution in [2.45, 2.75) is 52.0 Å². The molecule has 1 aromatic rings. The molecule has 94 valence electrons. The van der Waals surface area contributed by atoms with E-state index in [0.29, 0.717) is 12.3 Å². The fourth-order valence-electron chi connectivity index (χ4n) is 1.75. The van der Waals surface area contributed by atoms with Crippen LogP contribution >= 0.6 is 0 Å². The number of nitrogens with two attached hydrogens (primary N) is 1. The minimum Gasteiger partial charge on any atom is -0.325 e. The lowest BCUT2D eigenvalue weighted by Crippen LogP contribution is -2.34. The van der Waals surface area contributed by atoms with E-state index in [1.165, 1.54) is 5.56 Å². The minimum absolute atomic E-state index is 0.119. The van der Waals surface area contributed by atoms with Gasteiger partial charge >= 0.3 is 0 Å². The van der Waals surface area contributed by atoms with Crippen molar-refractivity contribution in [1.29, 1.82) is 0 Å². The minimum atomic E-state index is -0.438. The molecular formula is C15H23NO. The van der Waals surface area contributed by atoms with Gasteiger partial charge in [-0.15, -0.1) is 0 Å². The molecular weight excluding hydrogens is 210 g/mol. The predicted molar refractivity (Wildman–Crippen MR) is 72.4 cm³/mol. The van der Waals surface area contributed by atoms with Crippen LogP contribution in [0.2, 0.25) is 0 Å². The third-order valence-corrected chi connectivity index (χ3v) is 3.03. The van der Waals surface area contributed by atoms with Gasteiger partial charge in [-0.1, -0.05) is 38.1 Å². The molecule has 0 aromatic heterocycles. The lowest BCUT2D eigenvalue weighted by atomic mass is 9.93. The predicted octanol–water partition coefficient (Wildman–Crippen LogP) is 3.51. The highest BCUT2D eigenvalue weighted by Gasteiger charge is 2.17. The molecule has 1 unspecified atom stereocenters. The van der Waals surface area contributed by atoms with E-state index in [9.17, 15) is 4.79 Å². The van der Waals surface area contributed by atoms with Crippen LogP contribution in [-0.2, 0) is 0 Å². The van der Waals surface area contributed by atoms with Crippen molar-refractivity contribution < 1.29 is 4.79 Å². The third kappa shape index (κ3) is 4.31. The van der Waals surface area contributed by atoms with Gasteiger partial charge < -0.3 is 5.73 Å². The number of hydrogen-bond acceptors (Lipinski definition) is 2. The van der Waals surface area contributed by atoms with Crippen LogP contribution in [-0.4, -0.2) is 11.3 Å². The summed E-state index contributed by atoms with van der Waals surface area (Å²) in [6.45, 7) is 8.11. The van der Waals surface area contributed by atoms with Gasteiger partial charge in [0.25, 0.3) is 0 Å². The van der Waals surface area contributed by atoms with Gasteiger partial charge in [-0.2, -0.15) is 0 Å². The van der Waals surface area contributed by atoms with E-state index in [0.717, 1.165) is 12.0 Å². The average Bonchev–Trinajstić information content (AvgIpc) is 2.26. The summed E-state index contributed by atoms with van der Waals surface area (Å²) in [6, 6.07) is 7.92. The summed E-state index contributed by atoms with van der Waals surface area (Å²) in [6.07, 6.45) is 1.50. The maximum atomic E-state index is 11.9. The van der Waals surface area contributed by atoms with Crippen LogP contribution in [0.15, 0.2) is 24.3 Å². The lowest BCUT2D eigenvalue weighted by molar-refractivity contribution is 0.0960. The molecule has 0 fully saturated rings. The highest BCUT2D eigenvalue weighted by Crippen LogP contribution is 2.20. The molecule has 1 rings (SSSR count). The largest absolute Gasteiger partial charge is 0.325 e. The zero-order valence-electron chi connectivity index (χ0n) is 11.3. The van der Waals surface area contributed by atoms with Crippen LogP contribution < -0.4 is 5.73 Å². The molecule has 0 saturated carbocycles. The zero-order valence-corrected chi connectivity index (χ0v) is 11.3. The molecule has 2 nitrogen and oxygen atoms in total. The first-order chi connectivity index (χ1) is 7.83. The Morgan fingerprint density at radius 1 is 1.29 bits per heavy atom. The Morgan fingerprint density at radius 2 is 1.82 bits per heavy atom. The smallest absolute Gasteiger partial charge is 0.164 e. The molecule has 1 atom stereocenters. The van der Waals surface area contributed by atoms with Crippen molar-refractivity contribution in [3.63, 3.8) is 0 Å². The summed E-state index contributed by atoms with van der Waals surface area (Å²) in [5, 5.41) is 0. The topological polar surface area (TPSA) is 43.1 Å². The standard InChI is InChI=1S/C15H23NO/c1-5-11(2)12-6-8-13(9-7-12)14(17)10-15(3,4)16/h6-9,11H,5,10,16H2,1-4H3. The summed E-state index contributed by atoms with van der Waals surface area (Å²) in [5.41, 5.74) is 7.46. The number of hydrogen-bond donors (Lipinski definition) is 1. The quantitative estimate of drug-likeness (QED) is 0.791. The molecule has 0 radical (unpaired) electrons. The van der Waals surface area contributed by atoms with E-state index in [-0.39, 0.29) is 5.78 Å². The van der Waals surface area contributed by atoms with Crippen molar-refractivity contribution in [2.24, 2.45) is 5.73 Å². The molecule has 17 heavy (non-hydrogen) atoms. The Bertz CT molecular complexity index is 373. The van der Waals surface area contributed by atoms with Gasteiger partial charge in [0.15, 0.2) is 5.78 Å². The molecule has 0 aliphatic rings. The second-order valence-electron chi connectivity index (χ2n) is 5.52. The normalized spacial score (nSPS) is 13.5. The molecule has 0 bridgehead atoms. The summed E-state index contributed by atoms with van der Waals surface area (Å²) < 4.78 is 0. The first-order valence-corrected chi connectivity index (χ1v) is 6.25. The summed E-state index contributed by atoms with van der Waals surface area (Å²) in [7, 11) is 0. The molecule has 0 aliphatic carbocycles. The molecule has 0 heterocycles. The highest BCUT2D eigenvalue weighted by molar-refractivity contribution is 5.96. The van der Waals surface area contributed by atoms with Crippen LogP contribution in [0.25, 0.3) is 0 Å². The van der Waals surface area contributed by atoms with Gasteiger partial charge in [-0.05, 0) is 31.7 Å². The molecule has 0 spiro atoms. The number of Topliss-reactive ketones (excluding diaryl/α,β-unsaturated/α-hetero) is 1. The first kappa shape index (κ1) is 13.9. The van der Waals surface area contributed by atoms with Crippen molar-refractivity contribution >= 4 is 5.78 Å². The number of carbonyl (C=O) groups excluding carboxylic acids is 1. The lowest BCUT2D eigenvalue weighted by Gasteiger charge is -2.17. The Labute approximate surface area is 104 Å². The molecule has 2 heteroatoms. The van der Waals surface area contributed by atoms with E-state index >= 15 is 0 Å². The van der Waals surface area contributed by atoms with Crippen molar-refractivity contribution in [3.05, 3.63) is 35.4 Å². The highest BCUT2D eigenvalue weighted by atomic mass is 16.1. The fraction of sp³-hybridized carbons (Fsp3) is 0.533. The van der Waals surface area contributed by atoms with E-state index in [2.05, 4.69) is 13.8 Å². The van der Waals surface area contributed by atoms with Crippen molar-refractivity contribution in [2.75, 3.05) is 0 Å². The Kier molecular flexibility index (Phi) is 4.47. The van der Waals surface area contributed by atoms with Crippen LogP contribution in [0.4, 0.5) is 0 Å². The monoisotopic (exact) mass is 233 g/mol. The van der Waals surface area contributed by atoms with Crippen LogP contribution in [0.3, 0.4) is 0 Å². The number of benzene rings is 1. The third-order valence-electron chi connectivity index (χ3n) is 3.03. The number of ketones is 1. The molecule has 0 aliphatic heterocycles. The van der Waals surface area contributed by atoms with Gasteiger partial charge in [-0.25, -0.2) is 0 Å².